The first-order valence-electron chi connectivity index (χ1n) is 8.56. The van der Waals surface area contributed by atoms with E-state index in [0.29, 0.717) is 24.4 Å². The minimum atomic E-state index is -0.668. The number of carboxylic acids is 1. The van der Waals surface area contributed by atoms with Gasteiger partial charge in [-0.2, -0.15) is 0 Å². The third-order valence-corrected chi connectivity index (χ3v) is 4.73. The number of aliphatic carboxylic acids is 1. The van der Waals surface area contributed by atoms with Crippen LogP contribution in [0.2, 0.25) is 0 Å². The quantitative estimate of drug-likeness (QED) is 0.769. The molecule has 1 aliphatic carbocycles. The fourth-order valence-corrected chi connectivity index (χ4v) is 3.60. The molecule has 3 atom stereocenters. The Morgan fingerprint density at radius 1 is 1.27 bits per heavy atom. The van der Waals surface area contributed by atoms with Crippen LogP contribution in [0.25, 0.3) is 0 Å². The van der Waals surface area contributed by atoms with Crippen LogP contribution in [0.15, 0.2) is 30.3 Å². The van der Waals surface area contributed by atoms with Gasteiger partial charge < -0.3 is 10.4 Å². The van der Waals surface area contributed by atoms with Crippen LogP contribution in [0.5, 0.6) is 0 Å². The maximum Gasteiger partial charge on any atom is 0.307 e. The molecule has 1 aliphatic rings. The van der Waals surface area contributed by atoms with E-state index in [-0.39, 0.29) is 5.92 Å². The molecule has 1 aromatic carbocycles. The van der Waals surface area contributed by atoms with E-state index in [1.807, 2.05) is 0 Å². The third kappa shape index (κ3) is 5.13. The summed E-state index contributed by atoms with van der Waals surface area (Å²) in [5.74, 6) is 0.124. The Bertz CT molecular complexity index is 458. The Labute approximate surface area is 134 Å². The molecule has 122 valence electrons. The summed E-state index contributed by atoms with van der Waals surface area (Å²) < 4.78 is 0. The summed E-state index contributed by atoms with van der Waals surface area (Å²) in [6, 6.07) is 11.1. The Kier molecular flexibility index (Phi) is 6.44. The number of benzene rings is 1. The second-order valence-electron chi connectivity index (χ2n) is 7.06. The van der Waals surface area contributed by atoms with E-state index in [2.05, 4.69) is 49.5 Å². The lowest BCUT2D eigenvalue weighted by molar-refractivity contribution is -0.142. The molecule has 0 aliphatic heterocycles. The van der Waals surface area contributed by atoms with Gasteiger partial charge in [0.05, 0.1) is 5.92 Å². The number of nitrogens with one attached hydrogen (secondary N) is 1. The van der Waals surface area contributed by atoms with Crippen molar-refractivity contribution >= 4 is 5.97 Å². The van der Waals surface area contributed by atoms with Gasteiger partial charge in [0.1, 0.15) is 0 Å². The zero-order valence-electron chi connectivity index (χ0n) is 13.8. The second-order valence-corrected chi connectivity index (χ2v) is 7.06. The van der Waals surface area contributed by atoms with Gasteiger partial charge in [0.2, 0.25) is 0 Å². The van der Waals surface area contributed by atoms with E-state index < -0.39 is 5.97 Å². The van der Waals surface area contributed by atoms with Crippen LogP contribution in [0.4, 0.5) is 0 Å². The third-order valence-electron chi connectivity index (χ3n) is 4.73. The molecule has 3 heteroatoms. The van der Waals surface area contributed by atoms with E-state index in [9.17, 15) is 9.90 Å². The van der Waals surface area contributed by atoms with Crippen LogP contribution < -0.4 is 5.32 Å². The summed E-state index contributed by atoms with van der Waals surface area (Å²) in [5.41, 5.74) is 1.39. The number of hydrogen-bond donors (Lipinski definition) is 2. The van der Waals surface area contributed by atoms with Crippen molar-refractivity contribution in [3.8, 4) is 0 Å². The van der Waals surface area contributed by atoms with Crippen molar-refractivity contribution in [3.05, 3.63) is 35.9 Å². The van der Waals surface area contributed by atoms with Crippen molar-refractivity contribution < 1.29 is 9.90 Å². The van der Waals surface area contributed by atoms with Crippen molar-refractivity contribution in [2.45, 2.75) is 52.0 Å². The number of hydrogen-bond acceptors (Lipinski definition) is 2. The van der Waals surface area contributed by atoms with Crippen LogP contribution >= 0.6 is 0 Å². The highest BCUT2D eigenvalue weighted by atomic mass is 16.4. The van der Waals surface area contributed by atoms with Gasteiger partial charge in [-0.3, -0.25) is 4.79 Å². The van der Waals surface area contributed by atoms with Gasteiger partial charge in [0.25, 0.3) is 0 Å². The first kappa shape index (κ1) is 17.0. The monoisotopic (exact) mass is 303 g/mol. The molecule has 0 amide bonds. The molecule has 0 heterocycles. The Hall–Kier alpha value is -1.35. The van der Waals surface area contributed by atoms with Crippen molar-refractivity contribution in [1.29, 1.82) is 0 Å². The van der Waals surface area contributed by atoms with Crippen LogP contribution in [-0.2, 0) is 11.2 Å². The molecule has 2 N–H and O–H groups in total. The van der Waals surface area contributed by atoms with Crippen LogP contribution in [0.3, 0.4) is 0 Å². The van der Waals surface area contributed by atoms with Gasteiger partial charge >= 0.3 is 5.97 Å². The molecule has 3 unspecified atom stereocenters. The van der Waals surface area contributed by atoms with E-state index in [0.717, 1.165) is 12.8 Å². The largest absolute Gasteiger partial charge is 0.481 e. The van der Waals surface area contributed by atoms with Crippen LogP contribution in [0.1, 0.15) is 45.1 Å². The Balaban J connectivity index is 1.86. The van der Waals surface area contributed by atoms with Gasteiger partial charge in [-0.25, -0.2) is 0 Å². The minimum Gasteiger partial charge on any atom is -0.481 e. The lowest BCUT2D eigenvalue weighted by Crippen LogP contribution is -2.39. The fourth-order valence-electron chi connectivity index (χ4n) is 3.60. The van der Waals surface area contributed by atoms with E-state index in [4.69, 9.17) is 0 Å². The van der Waals surface area contributed by atoms with Gasteiger partial charge in [-0.05, 0) is 43.1 Å². The predicted molar refractivity (Wildman–Crippen MR) is 89.9 cm³/mol. The summed E-state index contributed by atoms with van der Waals surface area (Å²) in [4.78, 5) is 11.4. The Morgan fingerprint density at radius 3 is 2.64 bits per heavy atom. The first-order chi connectivity index (χ1) is 10.6. The lowest BCUT2D eigenvalue weighted by atomic mass is 9.93. The molecule has 3 nitrogen and oxygen atoms in total. The molecule has 0 spiro atoms. The number of carbonyl (C=O) groups is 1. The van der Waals surface area contributed by atoms with Gasteiger partial charge in [-0.1, -0.05) is 50.6 Å². The summed E-state index contributed by atoms with van der Waals surface area (Å²) in [6.45, 7) is 4.77. The molecule has 1 saturated carbocycles. The Morgan fingerprint density at radius 2 is 2.00 bits per heavy atom. The van der Waals surface area contributed by atoms with Gasteiger partial charge in [0.15, 0.2) is 0 Å². The highest BCUT2D eigenvalue weighted by molar-refractivity contribution is 5.70. The predicted octanol–water partition coefficient (Wildman–Crippen LogP) is 3.73. The van der Waals surface area contributed by atoms with E-state index in [1.54, 1.807) is 0 Å². The highest BCUT2D eigenvalue weighted by Crippen LogP contribution is 2.29. The average molecular weight is 303 g/mol. The average Bonchev–Trinajstić information content (AvgIpc) is 2.91. The number of carboxylic acid groups (broad SMARTS) is 1. The highest BCUT2D eigenvalue weighted by Gasteiger charge is 2.28. The second kappa shape index (κ2) is 8.33. The minimum absolute atomic E-state index is 0.266. The molecular weight excluding hydrogens is 274 g/mol. The maximum atomic E-state index is 11.4. The summed E-state index contributed by atoms with van der Waals surface area (Å²) in [6.07, 6.45) is 5.51. The van der Waals surface area contributed by atoms with Crippen molar-refractivity contribution in [2.24, 2.45) is 17.8 Å². The van der Waals surface area contributed by atoms with Crippen LogP contribution in [0, 0.1) is 17.8 Å². The molecule has 0 aromatic heterocycles. The summed E-state index contributed by atoms with van der Waals surface area (Å²) >= 11 is 0. The molecule has 0 radical (unpaired) electrons. The van der Waals surface area contributed by atoms with Crippen LogP contribution in [-0.4, -0.2) is 23.7 Å². The first-order valence-corrected chi connectivity index (χ1v) is 8.56. The summed E-state index contributed by atoms with van der Waals surface area (Å²) in [7, 11) is 0. The summed E-state index contributed by atoms with van der Waals surface area (Å²) in [5, 5.41) is 12.9. The molecule has 22 heavy (non-hydrogen) atoms. The number of rotatable bonds is 8. The SMILES string of the molecule is CC(C)CC(CNC1CCCC1Cc1ccccc1)C(=O)O. The van der Waals surface area contributed by atoms with E-state index in [1.165, 1.54) is 24.8 Å². The molecule has 0 saturated heterocycles. The standard InChI is InChI=1S/C19H29NO2/c1-14(2)11-17(19(21)22)13-20-18-10-6-9-16(18)12-15-7-4-3-5-8-15/h3-5,7-8,14,16-18,20H,6,9-13H2,1-2H3,(H,21,22). The van der Waals surface area contributed by atoms with Crippen molar-refractivity contribution in [3.63, 3.8) is 0 Å². The topological polar surface area (TPSA) is 49.3 Å². The molecule has 0 bridgehead atoms. The lowest BCUT2D eigenvalue weighted by Gasteiger charge is -2.24. The molecule has 1 aromatic rings. The molecule has 2 rings (SSSR count). The van der Waals surface area contributed by atoms with Crippen molar-refractivity contribution in [1.82, 2.24) is 5.32 Å². The smallest absolute Gasteiger partial charge is 0.307 e. The molecular formula is C19H29NO2. The maximum absolute atomic E-state index is 11.4. The fraction of sp³-hybridized carbons (Fsp3) is 0.632. The van der Waals surface area contributed by atoms with Gasteiger partial charge in [-0.15, -0.1) is 0 Å². The normalized spacial score (nSPS) is 22.9. The van der Waals surface area contributed by atoms with E-state index >= 15 is 0 Å². The van der Waals surface area contributed by atoms with Gasteiger partial charge in [0, 0.05) is 12.6 Å². The molecule has 1 fully saturated rings. The zero-order valence-corrected chi connectivity index (χ0v) is 13.8. The zero-order chi connectivity index (χ0) is 15.9. The van der Waals surface area contributed by atoms with Crippen molar-refractivity contribution in [2.75, 3.05) is 6.54 Å².